The first kappa shape index (κ1) is 24.4. The van der Waals surface area contributed by atoms with Gasteiger partial charge in [-0.2, -0.15) is 0 Å². The minimum Gasteiger partial charge on any atom is -0.497 e. The average Bonchev–Trinajstić information content (AvgIpc) is 2.65. The first-order valence-corrected chi connectivity index (χ1v) is 13.9. The van der Waals surface area contributed by atoms with E-state index in [0.29, 0.717) is 18.4 Å². The van der Waals surface area contributed by atoms with E-state index in [1.54, 1.807) is 7.11 Å². The Labute approximate surface area is 179 Å². The highest BCUT2D eigenvalue weighted by atomic mass is 28.4. The zero-order valence-electron chi connectivity index (χ0n) is 20.1. The van der Waals surface area contributed by atoms with Crippen molar-refractivity contribution in [1.82, 2.24) is 0 Å². The third-order valence-corrected chi connectivity index (χ3v) is 11.1. The van der Waals surface area contributed by atoms with Crippen LogP contribution in [0.2, 0.25) is 18.1 Å². The molecule has 166 valence electrons. The molecule has 2 rings (SSSR count). The number of benzene rings is 1. The predicted molar refractivity (Wildman–Crippen MR) is 122 cm³/mol. The van der Waals surface area contributed by atoms with Gasteiger partial charge in [-0.15, -0.1) is 0 Å². The summed E-state index contributed by atoms with van der Waals surface area (Å²) in [5, 5.41) is 0.188. The zero-order valence-corrected chi connectivity index (χ0v) is 21.1. The standard InChI is InChI=1S/C24H42O4Si/c1-16(2)21(28-29(9,10)24(5,6)7)18(4)22-17(3)15-26-23(27-22)19-11-13-20(25-8)14-12-19/h11-14,16-18,21-23H,15H2,1-10H3/t17-,18+,21+,22-,23-/m1/s1. The molecule has 5 atom stereocenters. The topological polar surface area (TPSA) is 36.9 Å². The van der Waals surface area contributed by atoms with Gasteiger partial charge in [0.15, 0.2) is 14.6 Å². The van der Waals surface area contributed by atoms with Crippen molar-refractivity contribution in [2.45, 2.75) is 85.1 Å². The Hall–Kier alpha value is -0.883. The molecular weight excluding hydrogens is 380 g/mol. The lowest BCUT2D eigenvalue weighted by Gasteiger charge is -2.46. The zero-order chi connectivity index (χ0) is 22.0. The Morgan fingerprint density at radius 1 is 1.07 bits per heavy atom. The summed E-state index contributed by atoms with van der Waals surface area (Å²) in [7, 11) is -0.194. The maximum atomic E-state index is 6.90. The molecule has 1 aliphatic rings. The van der Waals surface area contributed by atoms with E-state index >= 15 is 0 Å². The molecule has 0 aliphatic carbocycles. The van der Waals surface area contributed by atoms with Crippen molar-refractivity contribution in [2.24, 2.45) is 17.8 Å². The van der Waals surface area contributed by atoms with Crippen molar-refractivity contribution in [3.63, 3.8) is 0 Å². The average molecular weight is 423 g/mol. The summed E-state index contributed by atoms with van der Waals surface area (Å²) >= 11 is 0. The van der Waals surface area contributed by atoms with Gasteiger partial charge >= 0.3 is 0 Å². The van der Waals surface area contributed by atoms with Crippen LogP contribution in [-0.4, -0.2) is 34.2 Å². The van der Waals surface area contributed by atoms with Gasteiger partial charge in [0, 0.05) is 17.4 Å². The van der Waals surface area contributed by atoms with Gasteiger partial charge in [0.05, 0.1) is 25.9 Å². The summed E-state index contributed by atoms with van der Waals surface area (Å²) in [6.07, 6.45) is -0.0868. The molecule has 0 saturated carbocycles. The monoisotopic (exact) mass is 422 g/mol. The lowest BCUT2D eigenvalue weighted by Crippen LogP contribution is -2.51. The summed E-state index contributed by atoms with van der Waals surface area (Å²) in [5.74, 6) is 1.87. The van der Waals surface area contributed by atoms with Crippen LogP contribution in [0, 0.1) is 17.8 Å². The molecule has 4 nitrogen and oxygen atoms in total. The molecule has 1 heterocycles. The molecule has 1 fully saturated rings. The molecule has 0 unspecified atom stereocenters. The number of rotatable bonds is 7. The number of methoxy groups -OCH3 is 1. The second-order valence-corrected chi connectivity index (χ2v) is 15.2. The summed E-state index contributed by atoms with van der Waals surface area (Å²) in [4.78, 5) is 0. The third kappa shape index (κ3) is 5.84. The van der Waals surface area contributed by atoms with Crippen LogP contribution in [0.4, 0.5) is 0 Å². The highest BCUT2D eigenvalue weighted by Gasteiger charge is 2.44. The highest BCUT2D eigenvalue weighted by molar-refractivity contribution is 6.74. The first-order chi connectivity index (χ1) is 13.4. The van der Waals surface area contributed by atoms with Crippen LogP contribution in [0.3, 0.4) is 0 Å². The fraction of sp³-hybridized carbons (Fsp3) is 0.750. The second-order valence-electron chi connectivity index (χ2n) is 10.5. The van der Waals surface area contributed by atoms with Crippen molar-refractivity contribution in [1.29, 1.82) is 0 Å². The molecule has 0 N–H and O–H groups in total. The van der Waals surface area contributed by atoms with Crippen molar-refractivity contribution in [2.75, 3.05) is 13.7 Å². The molecule has 1 saturated heterocycles. The number of ether oxygens (including phenoxy) is 3. The fourth-order valence-corrected chi connectivity index (χ4v) is 5.30. The molecule has 0 amide bonds. The summed E-state index contributed by atoms with van der Waals surface area (Å²) in [5.41, 5.74) is 1.03. The van der Waals surface area contributed by atoms with Gasteiger partial charge < -0.3 is 18.6 Å². The van der Waals surface area contributed by atoms with E-state index in [2.05, 4.69) is 61.6 Å². The Kier molecular flexibility index (Phi) is 7.99. The van der Waals surface area contributed by atoms with E-state index in [9.17, 15) is 0 Å². The molecule has 1 aromatic rings. The Morgan fingerprint density at radius 3 is 2.14 bits per heavy atom. The largest absolute Gasteiger partial charge is 0.497 e. The number of hydrogen-bond donors (Lipinski definition) is 0. The van der Waals surface area contributed by atoms with Crippen LogP contribution < -0.4 is 4.74 Å². The number of hydrogen-bond acceptors (Lipinski definition) is 4. The molecule has 1 aliphatic heterocycles. The first-order valence-electron chi connectivity index (χ1n) is 11.0. The maximum Gasteiger partial charge on any atom is 0.192 e. The van der Waals surface area contributed by atoms with Crippen LogP contribution >= 0.6 is 0 Å². The van der Waals surface area contributed by atoms with Gasteiger partial charge in [-0.25, -0.2) is 0 Å². The molecule has 29 heavy (non-hydrogen) atoms. The van der Waals surface area contributed by atoms with Crippen molar-refractivity contribution >= 4 is 8.32 Å². The van der Waals surface area contributed by atoms with Gasteiger partial charge in [0.25, 0.3) is 0 Å². The molecule has 0 bridgehead atoms. The predicted octanol–water partition coefficient (Wildman–Crippen LogP) is 6.43. The molecule has 0 aromatic heterocycles. The van der Waals surface area contributed by atoms with Crippen molar-refractivity contribution < 1.29 is 18.6 Å². The van der Waals surface area contributed by atoms with Crippen LogP contribution in [0.5, 0.6) is 5.75 Å². The maximum absolute atomic E-state index is 6.90. The van der Waals surface area contributed by atoms with E-state index in [1.807, 2.05) is 24.3 Å². The molecule has 5 heteroatoms. The van der Waals surface area contributed by atoms with Crippen LogP contribution in [0.15, 0.2) is 24.3 Å². The van der Waals surface area contributed by atoms with Gasteiger partial charge in [-0.3, -0.25) is 0 Å². The molecular formula is C24H42O4Si. The van der Waals surface area contributed by atoms with E-state index in [4.69, 9.17) is 18.6 Å². The van der Waals surface area contributed by atoms with Gasteiger partial charge in [-0.05, 0) is 36.2 Å². The summed E-state index contributed by atoms with van der Waals surface area (Å²) in [6.45, 7) is 21.3. The normalized spacial score (nSPS) is 25.7. The Balaban J connectivity index is 2.19. The van der Waals surface area contributed by atoms with Crippen LogP contribution in [0.25, 0.3) is 0 Å². The molecule has 0 spiro atoms. The molecule has 0 radical (unpaired) electrons. The third-order valence-electron chi connectivity index (χ3n) is 6.67. The Bertz CT molecular complexity index is 635. The minimum atomic E-state index is -1.87. The SMILES string of the molecule is COc1ccc([C@@H]2OC[C@@H](C)[C@H]([C@@H](C)[C@@H](O[Si](C)(C)C(C)(C)C)C(C)C)O2)cc1. The van der Waals surface area contributed by atoms with Crippen LogP contribution in [0.1, 0.15) is 60.3 Å². The summed E-state index contributed by atoms with van der Waals surface area (Å²) < 4.78 is 24.7. The second kappa shape index (κ2) is 9.50. The fourth-order valence-electron chi connectivity index (χ4n) is 3.78. The summed E-state index contributed by atoms with van der Waals surface area (Å²) in [6, 6.07) is 7.95. The van der Waals surface area contributed by atoms with Crippen molar-refractivity contribution in [3.05, 3.63) is 29.8 Å². The van der Waals surface area contributed by atoms with Gasteiger partial charge in [0.1, 0.15) is 5.75 Å². The molecule has 1 aromatic carbocycles. The highest BCUT2D eigenvalue weighted by Crippen LogP contribution is 2.41. The lowest BCUT2D eigenvalue weighted by atomic mass is 9.84. The minimum absolute atomic E-state index is 0.0908. The smallest absolute Gasteiger partial charge is 0.192 e. The van der Waals surface area contributed by atoms with E-state index in [-0.39, 0.29) is 29.5 Å². The van der Waals surface area contributed by atoms with Crippen molar-refractivity contribution in [3.8, 4) is 5.75 Å². The van der Waals surface area contributed by atoms with E-state index in [1.165, 1.54) is 0 Å². The quantitative estimate of drug-likeness (QED) is 0.475. The van der Waals surface area contributed by atoms with Crippen LogP contribution in [-0.2, 0) is 13.9 Å². The lowest BCUT2D eigenvalue weighted by molar-refractivity contribution is -0.256. The van der Waals surface area contributed by atoms with E-state index in [0.717, 1.165) is 11.3 Å². The van der Waals surface area contributed by atoms with Gasteiger partial charge in [0.2, 0.25) is 0 Å². The van der Waals surface area contributed by atoms with E-state index < -0.39 is 8.32 Å². The van der Waals surface area contributed by atoms with Gasteiger partial charge in [-0.1, -0.05) is 60.6 Å². The Morgan fingerprint density at radius 2 is 1.66 bits per heavy atom.